The number of carbonyl (C=O) groups excluding carboxylic acids is 1. The third-order valence-electron chi connectivity index (χ3n) is 4.18. The minimum absolute atomic E-state index is 0.00665. The molecule has 2 N–H and O–H groups in total. The van der Waals surface area contributed by atoms with Crippen molar-refractivity contribution in [3.63, 3.8) is 0 Å². The molecule has 150 valence electrons. The Morgan fingerprint density at radius 2 is 1.96 bits per heavy atom. The maximum Gasteiger partial charge on any atom is 0.304 e. The summed E-state index contributed by atoms with van der Waals surface area (Å²) in [6.45, 7) is 3.27. The molecule has 10 heteroatoms. The molecule has 1 amide bonds. The predicted octanol–water partition coefficient (Wildman–Crippen LogP) is 0.361. The van der Waals surface area contributed by atoms with E-state index in [-0.39, 0.29) is 30.3 Å². The van der Waals surface area contributed by atoms with Gasteiger partial charge in [-0.2, -0.15) is 4.31 Å². The van der Waals surface area contributed by atoms with Crippen LogP contribution in [0, 0.1) is 6.92 Å². The number of nitrogens with zero attached hydrogens (tertiary/aromatic N) is 2. The molecule has 27 heavy (non-hydrogen) atoms. The molecule has 0 aliphatic carbocycles. The summed E-state index contributed by atoms with van der Waals surface area (Å²) in [5, 5.41) is 11.3. The molecule has 2 rings (SSSR count). The summed E-state index contributed by atoms with van der Waals surface area (Å²) >= 11 is 0. The van der Waals surface area contributed by atoms with Crippen LogP contribution in [0.15, 0.2) is 23.1 Å². The fraction of sp³-hybridized carbons (Fsp3) is 0.529. The van der Waals surface area contributed by atoms with Crippen LogP contribution in [-0.2, 0) is 24.3 Å². The number of likely N-dealkylation sites (N-methyl/N-ethyl adjacent to an activating group) is 1. The molecule has 1 fully saturated rings. The van der Waals surface area contributed by atoms with E-state index in [0.717, 1.165) is 0 Å². The van der Waals surface area contributed by atoms with Crippen molar-refractivity contribution < 1.29 is 27.9 Å². The van der Waals surface area contributed by atoms with Crippen molar-refractivity contribution >= 4 is 27.6 Å². The summed E-state index contributed by atoms with van der Waals surface area (Å²) in [4.78, 5) is 24.5. The normalized spacial score (nSPS) is 15.7. The van der Waals surface area contributed by atoms with Crippen molar-refractivity contribution in [3.05, 3.63) is 23.8 Å². The van der Waals surface area contributed by atoms with Crippen molar-refractivity contribution in [1.82, 2.24) is 9.21 Å². The number of morpholine rings is 1. The Morgan fingerprint density at radius 3 is 2.59 bits per heavy atom. The summed E-state index contributed by atoms with van der Waals surface area (Å²) in [7, 11) is -2.02. The van der Waals surface area contributed by atoms with Gasteiger partial charge < -0.3 is 15.2 Å². The van der Waals surface area contributed by atoms with Crippen LogP contribution in [0.25, 0.3) is 0 Å². The third kappa shape index (κ3) is 5.99. The largest absolute Gasteiger partial charge is 0.481 e. The molecule has 1 aliphatic rings. The number of carbonyl (C=O) groups is 2. The first-order valence-electron chi connectivity index (χ1n) is 8.59. The Morgan fingerprint density at radius 1 is 1.30 bits per heavy atom. The lowest BCUT2D eigenvalue weighted by Gasteiger charge is -2.27. The van der Waals surface area contributed by atoms with Gasteiger partial charge in [0.15, 0.2) is 0 Å². The summed E-state index contributed by atoms with van der Waals surface area (Å²) in [6, 6.07) is 4.75. The van der Waals surface area contributed by atoms with Crippen LogP contribution in [-0.4, -0.2) is 81.0 Å². The monoisotopic (exact) mass is 399 g/mol. The predicted molar refractivity (Wildman–Crippen MR) is 99.1 cm³/mol. The molecule has 1 aromatic carbocycles. The first kappa shape index (κ1) is 21.3. The lowest BCUT2D eigenvalue weighted by Crippen LogP contribution is -2.40. The van der Waals surface area contributed by atoms with Crippen molar-refractivity contribution in [3.8, 4) is 0 Å². The maximum atomic E-state index is 12.9. The van der Waals surface area contributed by atoms with Crippen molar-refractivity contribution in [2.45, 2.75) is 18.2 Å². The molecule has 9 nitrogen and oxygen atoms in total. The SMILES string of the molecule is Cc1ccc(NC(=O)CN(C)CCC(=O)O)cc1S(=O)(=O)N1CCOCC1. The lowest BCUT2D eigenvalue weighted by molar-refractivity contribution is -0.137. The number of hydrogen-bond acceptors (Lipinski definition) is 6. The molecular weight excluding hydrogens is 374 g/mol. The summed E-state index contributed by atoms with van der Waals surface area (Å²) in [5.74, 6) is -1.28. The molecular formula is C17H25N3O6S. The zero-order valence-electron chi connectivity index (χ0n) is 15.5. The Hall–Kier alpha value is -2.01. The van der Waals surface area contributed by atoms with E-state index in [9.17, 15) is 18.0 Å². The Kier molecular flexibility index (Phi) is 7.31. The quantitative estimate of drug-likeness (QED) is 0.648. The fourth-order valence-electron chi connectivity index (χ4n) is 2.69. The van der Waals surface area contributed by atoms with Crippen molar-refractivity contribution in [1.29, 1.82) is 0 Å². The van der Waals surface area contributed by atoms with Gasteiger partial charge in [-0.1, -0.05) is 6.07 Å². The molecule has 0 aromatic heterocycles. The van der Waals surface area contributed by atoms with Gasteiger partial charge in [-0.25, -0.2) is 8.42 Å². The van der Waals surface area contributed by atoms with Gasteiger partial charge in [-0.05, 0) is 31.7 Å². The number of carboxylic acids is 1. The smallest absolute Gasteiger partial charge is 0.304 e. The highest BCUT2D eigenvalue weighted by molar-refractivity contribution is 7.89. The van der Waals surface area contributed by atoms with Crippen LogP contribution in [0.3, 0.4) is 0 Å². The first-order valence-corrected chi connectivity index (χ1v) is 10.0. The van der Waals surface area contributed by atoms with Crippen LogP contribution in [0.2, 0.25) is 0 Å². The number of ether oxygens (including phenoxy) is 1. The maximum absolute atomic E-state index is 12.9. The van der Waals surface area contributed by atoms with Gasteiger partial charge in [0.2, 0.25) is 15.9 Å². The van der Waals surface area contributed by atoms with Gasteiger partial charge in [0.25, 0.3) is 0 Å². The van der Waals surface area contributed by atoms with Gasteiger partial charge in [0.05, 0.1) is 31.1 Å². The highest BCUT2D eigenvalue weighted by Crippen LogP contribution is 2.24. The lowest BCUT2D eigenvalue weighted by atomic mass is 10.2. The number of benzene rings is 1. The molecule has 0 spiro atoms. The van der Waals surface area contributed by atoms with Gasteiger partial charge in [0.1, 0.15) is 0 Å². The summed E-state index contributed by atoms with van der Waals surface area (Å²) in [5.41, 5.74) is 0.974. The average molecular weight is 399 g/mol. The zero-order valence-corrected chi connectivity index (χ0v) is 16.3. The summed E-state index contributed by atoms with van der Waals surface area (Å²) in [6.07, 6.45) is -0.0593. The molecule has 1 heterocycles. The number of amides is 1. The molecule has 0 radical (unpaired) electrons. The number of hydrogen-bond donors (Lipinski definition) is 2. The Labute approximate surface area is 159 Å². The van der Waals surface area contributed by atoms with Crippen LogP contribution in [0.1, 0.15) is 12.0 Å². The van der Waals surface area contributed by atoms with Crippen LogP contribution >= 0.6 is 0 Å². The van der Waals surface area contributed by atoms with Crippen LogP contribution in [0.4, 0.5) is 5.69 Å². The van der Waals surface area contributed by atoms with E-state index in [4.69, 9.17) is 9.84 Å². The highest BCUT2D eigenvalue weighted by atomic mass is 32.2. The second-order valence-electron chi connectivity index (χ2n) is 6.43. The Balaban J connectivity index is 2.08. The number of carboxylic acid groups (broad SMARTS) is 1. The molecule has 0 bridgehead atoms. The highest BCUT2D eigenvalue weighted by Gasteiger charge is 2.28. The van der Waals surface area contributed by atoms with Gasteiger partial charge in [0, 0.05) is 25.3 Å². The minimum Gasteiger partial charge on any atom is -0.481 e. The van der Waals surface area contributed by atoms with Crippen molar-refractivity contribution in [2.75, 3.05) is 51.8 Å². The Bertz CT molecular complexity index is 790. The second kappa shape index (κ2) is 9.27. The van der Waals surface area contributed by atoms with Crippen LogP contribution < -0.4 is 5.32 Å². The first-order chi connectivity index (χ1) is 12.7. The van der Waals surface area contributed by atoms with E-state index in [0.29, 0.717) is 37.6 Å². The molecule has 1 saturated heterocycles. The van der Waals surface area contributed by atoms with Crippen LogP contribution in [0.5, 0.6) is 0 Å². The number of aryl methyl sites for hydroxylation is 1. The minimum atomic E-state index is -3.67. The number of aliphatic carboxylic acids is 1. The third-order valence-corrected chi connectivity index (χ3v) is 6.22. The number of anilines is 1. The molecule has 1 aromatic rings. The fourth-order valence-corrected chi connectivity index (χ4v) is 4.35. The molecule has 0 atom stereocenters. The summed E-state index contributed by atoms with van der Waals surface area (Å²) < 4.78 is 32.3. The zero-order chi connectivity index (χ0) is 20.0. The second-order valence-corrected chi connectivity index (χ2v) is 8.33. The molecule has 0 saturated carbocycles. The van der Waals surface area contributed by atoms with E-state index in [1.807, 2.05) is 0 Å². The van der Waals surface area contributed by atoms with E-state index < -0.39 is 16.0 Å². The van der Waals surface area contributed by atoms with Gasteiger partial charge in [-0.15, -0.1) is 0 Å². The standard InChI is InChI=1S/C17H25N3O6S/c1-13-3-4-14(18-16(21)12-19(2)6-5-17(22)23)11-15(13)27(24,25)20-7-9-26-10-8-20/h3-4,11H,5-10,12H2,1-2H3,(H,18,21)(H,22,23). The number of rotatable bonds is 8. The van der Waals surface area contributed by atoms with E-state index in [1.165, 1.54) is 10.4 Å². The van der Waals surface area contributed by atoms with E-state index in [1.54, 1.807) is 31.0 Å². The number of nitrogens with one attached hydrogen (secondary N) is 1. The van der Waals surface area contributed by atoms with Gasteiger partial charge >= 0.3 is 5.97 Å². The topological polar surface area (TPSA) is 116 Å². The molecule has 1 aliphatic heterocycles. The molecule has 0 unspecified atom stereocenters. The van der Waals surface area contributed by atoms with Gasteiger partial charge in [-0.3, -0.25) is 14.5 Å². The van der Waals surface area contributed by atoms with E-state index in [2.05, 4.69) is 5.32 Å². The van der Waals surface area contributed by atoms with E-state index >= 15 is 0 Å². The van der Waals surface area contributed by atoms with Crippen molar-refractivity contribution in [2.24, 2.45) is 0 Å². The average Bonchev–Trinajstić information content (AvgIpc) is 2.62. The number of sulfonamides is 1.